The number of halogens is 2. The summed E-state index contributed by atoms with van der Waals surface area (Å²) in [5, 5.41) is 5.68. The van der Waals surface area contributed by atoms with Crippen molar-refractivity contribution in [1.82, 2.24) is 15.0 Å². The van der Waals surface area contributed by atoms with Crippen molar-refractivity contribution in [2.24, 2.45) is 5.92 Å². The van der Waals surface area contributed by atoms with Gasteiger partial charge >= 0.3 is 0 Å². The molecule has 1 saturated carbocycles. The molecule has 1 saturated heterocycles. The lowest BCUT2D eigenvalue weighted by molar-refractivity contribution is -0.117. The normalized spacial score (nSPS) is 18.7. The molecular formula is C22H23F2N5O5S. The molecule has 2 fully saturated rings. The maximum Gasteiger partial charge on any atom is 0.295 e. The molecule has 10 nitrogen and oxygen atoms in total. The fourth-order valence-corrected chi connectivity index (χ4v) is 4.69. The quantitative estimate of drug-likeness (QED) is 0.442. The number of aromatic nitrogens is 3. The summed E-state index contributed by atoms with van der Waals surface area (Å²) in [4.78, 5) is 22.8. The van der Waals surface area contributed by atoms with E-state index < -0.39 is 28.2 Å². The molecule has 35 heavy (non-hydrogen) atoms. The van der Waals surface area contributed by atoms with Crippen LogP contribution in [0.3, 0.4) is 0 Å². The SMILES string of the molecule is CS(=O)(=O)c1cc(C2COCCO2)ccc1Nc1cc(NC(=O)C2CC2)nc2[nH]c(C(F)F)nc12. The van der Waals surface area contributed by atoms with Gasteiger partial charge in [0.25, 0.3) is 6.43 Å². The van der Waals surface area contributed by atoms with Crippen LogP contribution in [0.4, 0.5) is 26.0 Å². The minimum Gasteiger partial charge on any atom is -0.376 e. The number of rotatable bonds is 7. The number of H-pyrrole nitrogens is 1. The van der Waals surface area contributed by atoms with E-state index in [2.05, 4.69) is 25.6 Å². The van der Waals surface area contributed by atoms with Gasteiger partial charge in [-0.1, -0.05) is 6.07 Å². The molecule has 2 aliphatic rings. The first-order chi connectivity index (χ1) is 16.7. The van der Waals surface area contributed by atoms with Crippen LogP contribution in [0.2, 0.25) is 0 Å². The number of hydrogen-bond donors (Lipinski definition) is 3. The van der Waals surface area contributed by atoms with E-state index >= 15 is 0 Å². The monoisotopic (exact) mass is 507 g/mol. The molecule has 1 amide bonds. The van der Waals surface area contributed by atoms with E-state index in [4.69, 9.17) is 9.47 Å². The van der Waals surface area contributed by atoms with Crippen molar-refractivity contribution in [2.75, 3.05) is 36.7 Å². The molecule has 0 spiro atoms. The Balaban J connectivity index is 1.55. The second-order valence-corrected chi connectivity index (χ2v) is 10.5. The topological polar surface area (TPSA) is 135 Å². The molecule has 5 rings (SSSR count). The molecule has 1 atom stereocenters. The van der Waals surface area contributed by atoms with E-state index in [9.17, 15) is 22.0 Å². The third-order valence-corrected chi connectivity index (χ3v) is 6.88. The molecule has 1 aliphatic heterocycles. The Labute approximate surface area is 199 Å². The summed E-state index contributed by atoms with van der Waals surface area (Å²) in [6, 6.07) is 6.22. The average molecular weight is 508 g/mol. The number of imidazole rings is 1. The Bertz CT molecular complexity index is 1380. The first-order valence-electron chi connectivity index (χ1n) is 11.0. The molecule has 0 radical (unpaired) electrons. The molecule has 0 bridgehead atoms. The van der Waals surface area contributed by atoms with Crippen molar-refractivity contribution >= 4 is 44.1 Å². The van der Waals surface area contributed by atoms with Crippen LogP contribution in [0, 0.1) is 5.92 Å². The summed E-state index contributed by atoms with van der Waals surface area (Å²) in [5.74, 6) is -0.772. The summed E-state index contributed by atoms with van der Waals surface area (Å²) in [5.41, 5.74) is 1.16. The number of hydrogen-bond acceptors (Lipinski definition) is 8. The molecule has 3 heterocycles. The largest absolute Gasteiger partial charge is 0.376 e. The molecular weight excluding hydrogens is 484 g/mol. The molecule has 3 aromatic rings. The van der Waals surface area contributed by atoms with Gasteiger partial charge in [-0.25, -0.2) is 27.2 Å². The molecule has 2 aromatic heterocycles. The number of pyridine rings is 1. The van der Waals surface area contributed by atoms with E-state index in [1.807, 2.05) is 0 Å². The first-order valence-corrected chi connectivity index (χ1v) is 12.9. The number of nitrogens with zero attached hydrogens (tertiary/aromatic N) is 2. The van der Waals surface area contributed by atoms with Gasteiger partial charge in [0.2, 0.25) is 5.91 Å². The van der Waals surface area contributed by atoms with Crippen LogP contribution in [0.1, 0.15) is 36.8 Å². The van der Waals surface area contributed by atoms with Crippen molar-refractivity contribution in [2.45, 2.75) is 30.3 Å². The van der Waals surface area contributed by atoms with Crippen molar-refractivity contribution in [3.05, 3.63) is 35.7 Å². The summed E-state index contributed by atoms with van der Waals surface area (Å²) < 4.78 is 63.0. The lowest BCUT2D eigenvalue weighted by atomic mass is 10.1. The van der Waals surface area contributed by atoms with Crippen LogP contribution < -0.4 is 10.6 Å². The Morgan fingerprint density at radius 1 is 1.17 bits per heavy atom. The maximum atomic E-state index is 13.3. The molecule has 1 aromatic carbocycles. The predicted octanol–water partition coefficient (Wildman–Crippen LogP) is 3.48. The van der Waals surface area contributed by atoms with Gasteiger partial charge in [-0.2, -0.15) is 0 Å². The second-order valence-electron chi connectivity index (χ2n) is 8.53. The van der Waals surface area contributed by atoms with E-state index in [0.717, 1.165) is 19.1 Å². The number of carbonyl (C=O) groups is 1. The standard InChI is InChI=1S/C22H23F2N5O5S/c1-35(31,32)16-8-12(15-10-33-6-7-34-15)4-5-13(16)25-14-9-17(27-22(30)11-2-3-11)26-20-18(14)28-21(29-20)19(23)24/h4-5,8-9,11,15,19H,2-3,6-7,10H2,1H3,(H3,25,26,27,28,29,30). The predicted molar refractivity (Wildman–Crippen MR) is 123 cm³/mol. The van der Waals surface area contributed by atoms with E-state index in [1.54, 1.807) is 12.1 Å². The number of ether oxygens (including phenoxy) is 2. The highest BCUT2D eigenvalue weighted by Gasteiger charge is 2.30. The Morgan fingerprint density at radius 3 is 2.63 bits per heavy atom. The van der Waals surface area contributed by atoms with Crippen LogP contribution in [-0.2, 0) is 24.1 Å². The summed E-state index contributed by atoms with van der Waals surface area (Å²) in [6.07, 6.45) is -0.653. The van der Waals surface area contributed by atoms with Crippen LogP contribution in [0.25, 0.3) is 11.2 Å². The average Bonchev–Trinajstić information content (AvgIpc) is 3.58. The van der Waals surface area contributed by atoms with Gasteiger partial charge in [0.1, 0.15) is 17.4 Å². The zero-order valence-electron chi connectivity index (χ0n) is 18.7. The number of aromatic amines is 1. The number of carbonyl (C=O) groups excluding carboxylic acids is 1. The highest BCUT2D eigenvalue weighted by molar-refractivity contribution is 7.90. The molecule has 3 N–H and O–H groups in total. The number of fused-ring (bicyclic) bond motifs is 1. The van der Waals surface area contributed by atoms with Gasteiger partial charge < -0.3 is 25.1 Å². The molecule has 186 valence electrons. The minimum atomic E-state index is -3.70. The fraction of sp³-hybridized carbons (Fsp3) is 0.409. The van der Waals surface area contributed by atoms with Crippen molar-refractivity contribution in [3.8, 4) is 0 Å². The molecule has 13 heteroatoms. The fourth-order valence-electron chi connectivity index (χ4n) is 3.82. The van der Waals surface area contributed by atoms with Gasteiger partial charge in [0, 0.05) is 18.2 Å². The summed E-state index contributed by atoms with van der Waals surface area (Å²) >= 11 is 0. The Kier molecular flexibility index (Phi) is 6.15. The number of anilines is 3. The smallest absolute Gasteiger partial charge is 0.295 e. The first kappa shape index (κ1) is 23.6. The lowest BCUT2D eigenvalue weighted by Crippen LogP contribution is -2.22. The van der Waals surface area contributed by atoms with Crippen molar-refractivity contribution in [3.63, 3.8) is 0 Å². The summed E-state index contributed by atoms with van der Waals surface area (Å²) in [7, 11) is -3.70. The van der Waals surface area contributed by atoms with Gasteiger partial charge in [-0.3, -0.25) is 4.79 Å². The third-order valence-electron chi connectivity index (χ3n) is 5.74. The number of sulfone groups is 1. The summed E-state index contributed by atoms with van der Waals surface area (Å²) in [6.45, 7) is 1.17. The van der Waals surface area contributed by atoms with E-state index in [-0.39, 0.29) is 45.1 Å². The van der Waals surface area contributed by atoms with E-state index in [1.165, 1.54) is 12.1 Å². The van der Waals surface area contributed by atoms with Crippen LogP contribution in [0.5, 0.6) is 0 Å². The third kappa shape index (κ3) is 5.11. The highest BCUT2D eigenvalue weighted by atomic mass is 32.2. The number of amides is 1. The Morgan fingerprint density at radius 2 is 1.97 bits per heavy atom. The van der Waals surface area contributed by atoms with Crippen molar-refractivity contribution < 1.29 is 31.5 Å². The number of benzene rings is 1. The van der Waals surface area contributed by atoms with Gasteiger partial charge in [-0.15, -0.1) is 0 Å². The number of nitrogens with one attached hydrogen (secondary N) is 3. The van der Waals surface area contributed by atoms with E-state index in [0.29, 0.717) is 25.4 Å². The lowest BCUT2D eigenvalue weighted by Gasteiger charge is -2.24. The highest BCUT2D eigenvalue weighted by Crippen LogP contribution is 2.35. The van der Waals surface area contributed by atoms with Gasteiger partial charge in [-0.05, 0) is 30.5 Å². The van der Waals surface area contributed by atoms with Gasteiger partial charge in [0.15, 0.2) is 21.3 Å². The molecule has 1 aliphatic carbocycles. The zero-order valence-corrected chi connectivity index (χ0v) is 19.5. The van der Waals surface area contributed by atoms with Crippen molar-refractivity contribution in [1.29, 1.82) is 0 Å². The minimum absolute atomic E-state index is 0.0117. The van der Waals surface area contributed by atoms with Crippen LogP contribution in [-0.4, -0.2) is 55.4 Å². The molecule has 1 unspecified atom stereocenters. The van der Waals surface area contributed by atoms with Crippen LogP contribution in [0.15, 0.2) is 29.2 Å². The number of alkyl halides is 2. The Hall–Kier alpha value is -3.16. The zero-order chi connectivity index (χ0) is 24.7. The maximum absolute atomic E-state index is 13.3. The second kappa shape index (κ2) is 9.13. The van der Waals surface area contributed by atoms with Gasteiger partial charge in [0.05, 0.1) is 36.1 Å². The van der Waals surface area contributed by atoms with Crippen LogP contribution >= 0.6 is 0 Å².